The molecule has 0 spiro atoms. The maximum atomic E-state index is 11.7. The Kier molecular flexibility index (Phi) is 2.90. The summed E-state index contributed by atoms with van der Waals surface area (Å²) >= 11 is 0. The van der Waals surface area contributed by atoms with Crippen LogP contribution in [0.4, 0.5) is 4.79 Å². The second kappa shape index (κ2) is 3.69. The second-order valence-electron chi connectivity index (χ2n) is 4.51. The zero-order valence-corrected chi connectivity index (χ0v) is 8.99. The lowest BCUT2D eigenvalue weighted by molar-refractivity contribution is -0.182. The number of hydrogen-bond acceptors (Lipinski definition) is 4. The van der Waals surface area contributed by atoms with Gasteiger partial charge in [0.1, 0.15) is 5.60 Å². The van der Waals surface area contributed by atoms with E-state index in [-0.39, 0.29) is 13.2 Å². The van der Waals surface area contributed by atoms with Gasteiger partial charge in [0.15, 0.2) is 5.54 Å². The van der Waals surface area contributed by atoms with E-state index in [0.717, 1.165) is 0 Å². The number of rotatable bonds is 2. The van der Waals surface area contributed by atoms with E-state index in [1.807, 2.05) is 0 Å². The molecule has 0 radical (unpaired) electrons. The van der Waals surface area contributed by atoms with Crippen molar-refractivity contribution in [2.75, 3.05) is 13.2 Å². The Bertz CT molecular complexity index is 277. The van der Waals surface area contributed by atoms with Crippen LogP contribution in [0.2, 0.25) is 0 Å². The first kappa shape index (κ1) is 11.8. The van der Waals surface area contributed by atoms with Crippen LogP contribution < -0.4 is 5.32 Å². The summed E-state index contributed by atoms with van der Waals surface area (Å²) in [5, 5.41) is 10.7. The zero-order valence-electron chi connectivity index (χ0n) is 8.99. The fourth-order valence-corrected chi connectivity index (χ4v) is 1.13. The maximum absolute atomic E-state index is 11.7. The molecule has 0 unspecified atom stereocenters. The zero-order chi connectivity index (χ0) is 11.7. The van der Waals surface area contributed by atoms with Crippen LogP contribution in [0.15, 0.2) is 0 Å². The van der Waals surface area contributed by atoms with Gasteiger partial charge in [0.2, 0.25) is 0 Å². The smallest absolute Gasteiger partial charge is 0.405 e. The number of hydrogen-bond donors (Lipinski definition) is 2. The van der Waals surface area contributed by atoms with E-state index in [9.17, 15) is 9.59 Å². The van der Waals surface area contributed by atoms with Gasteiger partial charge >= 0.3 is 12.1 Å². The molecule has 1 fully saturated rings. The summed E-state index contributed by atoms with van der Waals surface area (Å²) < 4.78 is 9.95. The number of carboxylic acid groups (broad SMARTS) is 1. The highest BCUT2D eigenvalue weighted by molar-refractivity contribution is 5.86. The van der Waals surface area contributed by atoms with Gasteiger partial charge in [-0.25, -0.2) is 9.59 Å². The average Bonchev–Trinajstić information content (AvgIpc) is 1.92. The minimum atomic E-state index is -1.26. The van der Waals surface area contributed by atoms with E-state index >= 15 is 0 Å². The maximum Gasteiger partial charge on any atom is 0.405 e. The lowest BCUT2D eigenvalue weighted by Gasteiger charge is -2.39. The third-order valence-electron chi connectivity index (χ3n) is 1.83. The van der Waals surface area contributed by atoms with E-state index in [0.29, 0.717) is 0 Å². The van der Waals surface area contributed by atoms with Gasteiger partial charge in [-0.05, 0) is 20.8 Å². The lowest BCUT2D eigenvalue weighted by atomic mass is 9.97. The standard InChI is InChI=1S/C9H15NO5/c1-8(2,3)15-6(11)9(4-14-5-9)10-7(12)13/h10H,4-5H2,1-3H3,(H,12,13). The summed E-state index contributed by atoms with van der Waals surface area (Å²) in [6, 6.07) is 0. The van der Waals surface area contributed by atoms with E-state index in [4.69, 9.17) is 14.6 Å². The highest BCUT2D eigenvalue weighted by Gasteiger charge is 2.50. The Balaban J connectivity index is 2.66. The highest BCUT2D eigenvalue weighted by atomic mass is 16.6. The van der Waals surface area contributed by atoms with Crippen LogP contribution in [0.3, 0.4) is 0 Å². The molecule has 15 heavy (non-hydrogen) atoms. The van der Waals surface area contributed by atoms with Crippen LogP contribution in [0.25, 0.3) is 0 Å². The fourth-order valence-electron chi connectivity index (χ4n) is 1.13. The number of ether oxygens (including phenoxy) is 2. The van der Waals surface area contributed by atoms with Crippen molar-refractivity contribution in [3.63, 3.8) is 0 Å². The summed E-state index contributed by atoms with van der Waals surface area (Å²) in [6.07, 6.45) is -1.26. The second-order valence-corrected chi connectivity index (χ2v) is 4.51. The van der Waals surface area contributed by atoms with Crippen molar-refractivity contribution < 1.29 is 24.2 Å². The van der Waals surface area contributed by atoms with Crippen molar-refractivity contribution >= 4 is 12.1 Å². The van der Waals surface area contributed by atoms with Crippen molar-refractivity contribution in [2.45, 2.75) is 31.9 Å². The molecule has 1 aliphatic heterocycles. The molecule has 1 rings (SSSR count). The van der Waals surface area contributed by atoms with Gasteiger partial charge in [-0.1, -0.05) is 0 Å². The van der Waals surface area contributed by atoms with E-state index in [1.54, 1.807) is 20.8 Å². The van der Waals surface area contributed by atoms with Gasteiger partial charge in [0, 0.05) is 0 Å². The summed E-state index contributed by atoms with van der Waals surface area (Å²) in [5.74, 6) is -0.594. The molecular weight excluding hydrogens is 202 g/mol. The molecule has 1 heterocycles. The lowest BCUT2D eigenvalue weighted by Crippen LogP contribution is -2.68. The van der Waals surface area contributed by atoms with Crippen LogP contribution in [-0.2, 0) is 14.3 Å². The molecule has 6 heteroatoms. The Morgan fingerprint density at radius 3 is 2.20 bits per heavy atom. The normalized spacial score (nSPS) is 18.9. The monoisotopic (exact) mass is 217 g/mol. The van der Waals surface area contributed by atoms with Gasteiger partial charge in [0.25, 0.3) is 0 Å². The van der Waals surface area contributed by atoms with Crippen molar-refractivity contribution in [1.82, 2.24) is 5.32 Å². The third kappa shape index (κ3) is 2.82. The molecule has 2 N–H and O–H groups in total. The van der Waals surface area contributed by atoms with Gasteiger partial charge in [0.05, 0.1) is 13.2 Å². The Morgan fingerprint density at radius 2 is 1.93 bits per heavy atom. The predicted octanol–water partition coefficient (Wildman–Crippen LogP) is 0.365. The molecule has 0 saturated carbocycles. The quantitative estimate of drug-likeness (QED) is 0.652. The predicted molar refractivity (Wildman–Crippen MR) is 50.6 cm³/mol. The highest BCUT2D eigenvalue weighted by Crippen LogP contribution is 2.22. The number of nitrogens with one attached hydrogen (secondary N) is 1. The fraction of sp³-hybridized carbons (Fsp3) is 0.778. The van der Waals surface area contributed by atoms with Gasteiger partial charge in [-0.15, -0.1) is 0 Å². The van der Waals surface area contributed by atoms with Crippen LogP contribution in [0.5, 0.6) is 0 Å². The molecule has 0 aromatic heterocycles. The molecule has 1 saturated heterocycles. The molecule has 0 aromatic carbocycles. The largest absolute Gasteiger partial charge is 0.465 e. The Hall–Kier alpha value is -1.30. The molecule has 0 aromatic rings. The topological polar surface area (TPSA) is 84.9 Å². The molecule has 6 nitrogen and oxygen atoms in total. The van der Waals surface area contributed by atoms with E-state index in [1.165, 1.54) is 0 Å². The van der Waals surface area contributed by atoms with Crippen molar-refractivity contribution in [2.24, 2.45) is 0 Å². The first-order valence-electron chi connectivity index (χ1n) is 4.57. The van der Waals surface area contributed by atoms with Crippen molar-refractivity contribution in [3.8, 4) is 0 Å². The van der Waals surface area contributed by atoms with Crippen LogP contribution >= 0.6 is 0 Å². The molecule has 1 aliphatic rings. The Morgan fingerprint density at radius 1 is 1.40 bits per heavy atom. The molecule has 0 aliphatic carbocycles. The number of carbonyl (C=O) groups is 2. The average molecular weight is 217 g/mol. The van der Waals surface area contributed by atoms with Crippen LogP contribution in [-0.4, -0.2) is 41.5 Å². The van der Waals surface area contributed by atoms with Crippen LogP contribution in [0.1, 0.15) is 20.8 Å². The van der Waals surface area contributed by atoms with Gasteiger partial charge < -0.3 is 19.9 Å². The minimum absolute atomic E-state index is 0.0220. The number of esters is 1. The first-order chi connectivity index (χ1) is 6.75. The SMILES string of the molecule is CC(C)(C)OC(=O)C1(NC(=O)O)COC1. The first-order valence-corrected chi connectivity index (χ1v) is 4.57. The Labute approximate surface area is 87.5 Å². The molecule has 0 atom stereocenters. The number of carbonyl (C=O) groups excluding carboxylic acids is 1. The van der Waals surface area contributed by atoms with Gasteiger partial charge in [-0.3, -0.25) is 0 Å². The minimum Gasteiger partial charge on any atom is -0.465 e. The van der Waals surface area contributed by atoms with Gasteiger partial charge in [-0.2, -0.15) is 0 Å². The summed E-state index contributed by atoms with van der Waals surface area (Å²) in [5.41, 5.74) is -1.86. The summed E-state index contributed by atoms with van der Waals surface area (Å²) in [7, 11) is 0. The molecule has 0 bridgehead atoms. The third-order valence-corrected chi connectivity index (χ3v) is 1.83. The summed E-state index contributed by atoms with van der Waals surface area (Å²) in [6.45, 7) is 5.21. The number of amides is 1. The molecular formula is C9H15NO5. The molecule has 86 valence electrons. The van der Waals surface area contributed by atoms with Crippen molar-refractivity contribution in [3.05, 3.63) is 0 Å². The van der Waals surface area contributed by atoms with Crippen molar-refractivity contribution in [1.29, 1.82) is 0 Å². The summed E-state index contributed by atoms with van der Waals surface area (Å²) in [4.78, 5) is 22.2. The van der Waals surface area contributed by atoms with E-state index < -0.39 is 23.2 Å². The van der Waals surface area contributed by atoms with Crippen LogP contribution in [0, 0.1) is 0 Å². The van der Waals surface area contributed by atoms with E-state index in [2.05, 4.69) is 5.32 Å². The molecule has 1 amide bonds.